The van der Waals surface area contributed by atoms with Crippen LogP contribution in [0.4, 0.5) is 0 Å². The molecule has 0 saturated heterocycles. The predicted molar refractivity (Wildman–Crippen MR) is 86.7 cm³/mol. The molecule has 3 rings (SSSR count). The number of aromatic nitrogens is 2. The van der Waals surface area contributed by atoms with E-state index in [4.69, 9.17) is 9.47 Å². The van der Waals surface area contributed by atoms with E-state index in [1.54, 1.807) is 7.11 Å². The smallest absolute Gasteiger partial charge is 0.161 e. The number of carbonyl (C=O) groups excluding carboxylic acids is 1. The normalized spacial score (nSPS) is 10.3. The van der Waals surface area contributed by atoms with Crippen molar-refractivity contribution in [3.8, 4) is 22.8 Å². The third-order valence-electron chi connectivity index (χ3n) is 3.49. The first-order valence-corrected chi connectivity index (χ1v) is 7.15. The number of H-pyrrole nitrogens is 1. The number of nitrogens with one attached hydrogen (secondary N) is 1. The summed E-state index contributed by atoms with van der Waals surface area (Å²) in [5.74, 6) is 1.25. The summed E-state index contributed by atoms with van der Waals surface area (Å²) in [6.07, 6.45) is 2.26. The van der Waals surface area contributed by atoms with Crippen LogP contribution in [0, 0.1) is 0 Å². The lowest BCUT2D eigenvalue weighted by atomic mass is 10.1. The Morgan fingerprint density at radius 3 is 2.70 bits per heavy atom. The highest BCUT2D eigenvalue weighted by atomic mass is 16.5. The molecule has 3 aromatic rings. The van der Waals surface area contributed by atoms with Crippen LogP contribution < -0.4 is 9.47 Å². The molecule has 0 aliphatic carbocycles. The van der Waals surface area contributed by atoms with Crippen LogP contribution in [0.5, 0.6) is 11.5 Å². The second kappa shape index (κ2) is 6.79. The highest BCUT2D eigenvalue weighted by molar-refractivity contribution is 5.85. The predicted octanol–water partition coefficient (Wildman–Crippen LogP) is 3.48. The number of hydrogen-bond acceptors (Lipinski definition) is 4. The number of aromatic amines is 1. The second-order valence-corrected chi connectivity index (χ2v) is 4.96. The van der Waals surface area contributed by atoms with E-state index in [-0.39, 0.29) is 0 Å². The van der Waals surface area contributed by atoms with Gasteiger partial charge in [-0.3, -0.25) is 9.89 Å². The maximum atomic E-state index is 11.0. The lowest BCUT2D eigenvalue weighted by molar-refractivity contribution is 0.112. The fraction of sp³-hybridized carbons (Fsp3) is 0.111. The molecule has 0 bridgehead atoms. The minimum atomic E-state index is 0.459. The van der Waals surface area contributed by atoms with Crippen LogP contribution in [0.15, 0.2) is 54.7 Å². The topological polar surface area (TPSA) is 64.2 Å². The summed E-state index contributed by atoms with van der Waals surface area (Å²) < 4.78 is 11.2. The van der Waals surface area contributed by atoms with Gasteiger partial charge in [0.25, 0.3) is 0 Å². The Kier molecular flexibility index (Phi) is 4.38. The fourth-order valence-electron chi connectivity index (χ4n) is 2.29. The van der Waals surface area contributed by atoms with E-state index in [0.717, 1.165) is 17.4 Å². The van der Waals surface area contributed by atoms with Gasteiger partial charge < -0.3 is 9.47 Å². The Morgan fingerprint density at radius 2 is 1.96 bits per heavy atom. The molecule has 0 aliphatic heterocycles. The van der Waals surface area contributed by atoms with Gasteiger partial charge in [-0.2, -0.15) is 5.10 Å². The molecule has 1 heterocycles. The van der Waals surface area contributed by atoms with Crippen LogP contribution in [0.25, 0.3) is 11.3 Å². The van der Waals surface area contributed by atoms with Crippen molar-refractivity contribution in [2.45, 2.75) is 6.61 Å². The molecule has 116 valence electrons. The molecule has 0 aliphatic rings. The molecule has 1 N–H and O–H groups in total. The van der Waals surface area contributed by atoms with Crippen LogP contribution in [-0.2, 0) is 6.61 Å². The maximum absolute atomic E-state index is 11.0. The number of carbonyl (C=O) groups is 1. The molecule has 0 unspecified atom stereocenters. The fourth-order valence-corrected chi connectivity index (χ4v) is 2.29. The third kappa shape index (κ3) is 3.23. The van der Waals surface area contributed by atoms with E-state index < -0.39 is 0 Å². The molecule has 0 amide bonds. The molecule has 1 aromatic heterocycles. The molecule has 23 heavy (non-hydrogen) atoms. The Hall–Kier alpha value is -3.08. The zero-order valence-corrected chi connectivity index (χ0v) is 12.7. The van der Waals surface area contributed by atoms with Crippen LogP contribution in [0.2, 0.25) is 0 Å². The summed E-state index contributed by atoms with van der Waals surface area (Å²) in [6, 6.07) is 15.4. The van der Waals surface area contributed by atoms with Crippen molar-refractivity contribution in [1.29, 1.82) is 0 Å². The zero-order chi connectivity index (χ0) is 16.1. The number of nitrogens with zero attached hydrogens (tertiary/aromatic N) is 1. The highest BCUT2D eigenvalue weighted by Gasteiger charge is 2.11. The summed E-state index contributed by atoms with van der Waals surface area (Å²) >= 11 is 0. The van der Waals surface area contributed by atoms with Crippen LogP contribution >= 0.6 is 0 Å². The van der Waals surface area contributed by atoms with E-state index >= 15 is 0 Å². The molecule has 0 saturated carbocycles. The standard InChI is InChI=1S/C18H16N2O3/c1-22-17-9-14(18-15(11-21)10-19-20-18)7-8-16(17)23-12-13-5-3-2-4-6-13/h2-11H,12H2,1H3,(H,19,20). The van der Waals surface area contributed by atoms with Gasteiger partial charge in [0.2, 0.25) is 0 Å². The van der Waals surface area contributed by atoms with Crippen LogP contribution in [0.1, 0.15) is 15.9 Å². The SMILES string of the molecule is COc1cc(-c2[nH]ncc2C=O)ccc1OCc1ccccc1. The monoisotopic (exact) mass is 308 g/mol. The summed E-state index contributed by atoms with van der Waals surface area (Å²) in [5.41, 5.74) is 3.06. The molecule has 5 nitrogen and oxygen atoms in total. The van der Waals surface area contributed by atoms with Crippen molar-refractivity contribution >= 4 is 6.29 Å². The average Bonchev–Trinajstić information content (AvgIpc) is 3.09. The summed E-state index contributed by atoms with van der Waals surface area (Å²) in [5, 5.41) is 6.72. The molecule has 5 heteroatoms. The van der Waals surface area contributed by atoms with Gasteiger partial charge in [-0.25, -0.2) is 0 Å². The molecule has 2 aromatic carbocycles. The molecule has 0 atom stereocenters. The Balaban J connectivity index is 1.84. The Labute approximate surface area is 133 Å². The van der Waals surface area contributed by atoms with E-state index in [1.807, 2.05) is 48.5 Å². The van der Waals surface area contributed by atoms with Gasteiger partial charge >= 0.3 is 0 Å². The largest absolute Gasteiger partial charge is 0.493 e. The zero-order valence-electron chi connectivity index (χ0n) is 12.7. The number of benzene rings is 2. The van der Waals surface area contributed by atoms with Crippen molar-refractivity contribution in [2.75, 3.05) is 7.11 Å². The Bertz CT molecular complexity index is 797. The maximum Gasteiger partial charge on any atom is 0.161 e. The molecular weight excluding hydrogens is 292 g/mol. The average molecular weight is 308 g/mol. The van der Waals surface area contributed by atoms with Gasteiger partial charge in [0, 0.05) is 5.56 Å². The second-order valence-electron chi connectivity index (χ2n) is 4.96. The summed E-state index contributed by atoms with van der Waals surface area (Å²) in [6.45, 7) is 0.459. The quantitative estimate of drug-likeness (QED) is 0.708. The third-order valence-corrected chi connectivity index (χ3v) is 3.49. The highest BCUT2D eigenvalue weighted by Crippen LogP contribution is 2.33. The minimum Gasteiger partial charge on any atom is -0.493 e. The molecular formula is C18H16N2O3. The first-order valence-electron chi connectivity index (χ1n) is 7.15. The first-order chi connectivity index (χ1) is 11.3. The summed E-state index contributed by atoms with van der Waals surface area (Å²) in [4.78, 5) is 11.0. The number of methoxy groups -OCH3 is 1. The van der Waals surface area contributed by atoms with Gasteiger partial charge in [-0.15, -0.1) is 0 Å². The van der Waals surface area contributed by atoms with Crippen LogP contribution in [-0.4, -0.2) is 23.6 Å². The lowest BCUT2D eigenvalue weighted by Gasteiger charge is -2.12. The Morgan fingerprint density at radius 1 is 1.13 bits per heavy atom. The summed E-state index contributed by atoms with van der Waals surface area (Å²) in [7, 11) is 1.59. The number of rotatable bonds is 6. The number of aldehydes is 1. The van der Waals surface area contributed by atoms with Crippen molar-refractivity contribution in [2.24, 2.45) is 0 Å². The van der Waals surface area contributed by atoms with Crippen molar-refractivity contribution < 1.29 is 14.3 Å². The van der Waals surface area contributed by atoms with Gasteiger partial charge in [0.15, 0.2) is 17.8 Å². The number of ether oxygens (including phenoxy) is 2. The van der Waals surface area contributed by atoms with E-state index in [1.165, 1.54) is 6.20 Å². The minimum absolute atomic E-state index is 0.459. The molecule has 0 fully saturated rings. The van der Waals surface area contributed by atoms with E-state index in [0.29, 0.717) is 29.4 Å². The molecule has 0 radical (unpaired) electrons. The van der Waals surface area contributed by atoms with Crippen LogP contribution in [0.3, 0.4) is 0 Å². The van der Waals surface area contributed by atoms with Gasteiger partial charge in [0.05, 0.1) is 24.6 Å². The first kappa shape index (κ1) is 14.8. The van der Waals surface area contributed by atoms with Gasteiger partial charge in [-0.1, -0.05) is 30.3 Å². The van der Waals surface area contributed by atoms with E-state index in [2.05, 4.69) is 10.2 Å². The van der Waals surface area contributed by atoms with Gasteiger partial charge in [-0.05, 0) is 23.8 Å². The van der Waals surface area contributed by atoms with Crippen molar-refractivity contribution in [3.63, 3.8) is 0 Å². The number of hydrogen-bond donors (Lipinski definition) is 1. The van der Waals surface area contributed by atoms with Crippen molar-refractivity contribution in [1.82, 2.24) is 10.2 Å². The van der Waals surface area contributed by atoms with E-state index in [9.17, 15) is 4.79 Å². The molecule has 0 spiro atoms. The van der Waals surface area contributed by atoms with Gasteiger partial charge in [0.1, 0.15) is 6.61 Å². The van der Waals surface area contributed by atoms with Crippen molar-refractivity contribution in [3.05, 3.63) is 65.9 Å². The lowest BCUT2D eigenvalue weighted by Crippen LogP contribution is -1.98.